The fraction of sp³-hybridized carbons (Fsp3) is 1.00. The van der Waals surface area contributed by atoms with Crippen molar-refractivity contribution in [3.8, 4) is 0 Å². The van der Waals surface area contributed by atoms with Crippen LogP contribution in [0.5, 0.6) is 0 Å². The number of ether oxygens (including phenoxy) is 3. The molecule has 0 aromatic heterocycles. The Morgan fingerprint density at radius 1 is 1.39 bits per heavy atom. The maximum Gasteiger partial charge on any atom is 0.211 e. The fourth-order valence-electron chi connectivity index (χ4n) is 2.71. The van der Waals surface area contributed by atoms with Gasteiger partial charge in [-0.15, -0.1) is 0 Å². The van der Waals surface area contributed by atoms with Gasteiger partial charge in [0.1, 0.15) is 6.10 Å². The topological polar surface area (TPSA) is 65.1 Å². The Labute approximate surface area is 108 Å². The van der Waals surface area contributed by atoms with Gasteiger partial charge in [-0.2, -0.15) is 4.31 Å². The molecule has 7 heteroatoms. The molecular weight excluding hydrogens is 258 g/mol. The first-order valence-corrected chi connectivity index (χ1v) is 7.91. The predicted octanol–water partition coefficient (Wildman–Crippen LogP) is 0.187. The van der Waals surface area contributed by atoms with Crippen LogP contribution in [0.3, 0.4) is 0 Å². The van der Waals surface area contributed by atoms with Crippen LogP contribution in [0.25, 0.3) is 0 Å². The average Bonchev–Trinajstić information content (AvgIpc) is 2.79. The van der Waals surface area contributed by atoms with Gasteiger partial charge in [-0.05, 0) is 20.3 Å². The molecule has 18 heavy (non-hydrogen) atoms. The lowest BCUT2D eigenvalue weighted by Gasteiger charge is -2.30. The van der Waals surface area contributed by atoms with E-state index in [2.05, 4.69) is 0 Å². The van der Waals surface area contributed by atoms with Gasteiger partial charge in [0, 0.05) is 13.7 Å². The molecule has 2 heterocycles. The molecule has 0 aromatic carbocycles. The third-order valence-corrected chi connectivity index (χ3v) is 4.77. The number of hydrogen-bond acceptors (Lipinski definition) is 5. The zero-order valence-electron chi connectivity index (χ0n) is 11.3. The van der Waals surface area contributed by atoms with Gasteiger partial charge >= 0.3 is 0 Å². The van der Waals surface area contributed by atoms with Crippen molar-refractivity contribution in [1.29, 1.82) is 0 Å². The zero-order chi connectivity index (χ0) is 13.6. The van der Waals surface area contributed by atoms with E-state index < -0.39 is 15.8 Å². The standard InChI is InChI=1S/C11H21NO5S/c1-11(2)16-7-9(17-11)10-8(15-3)5-6-12(10)18(4,13)14/h8-10H,5-7H2,1-4H3/t8-,9-,10-/m1/s1. The molecule has 3 atom stereocenters. The molecule has 2 aliphatic heterocycles. The summed E-state index contributed by atoms with van der Waals surface area (Å²) in [4.78, 5) is 0. The Hall–Kier alpha value is -0.210. The van der Waals surface area contributed by atoms with E-state index in [1.165, 1.54) is 10.6 Å². The first-order chi connectivity index (χ1) is 8.24. The van der Waals surface area contributed by atoms with E-state index in [-0.39, 0.29) is 18.2 Å². The van der Waals surface area contributed by atoms with Crippen LogP contribution in [0.4, 0.5) is 0 Å². The summed E-state index contributed by atoms with van der Waals surface area (Å²) in [6.45, 7) is 4.52. The first kappa shape index (κ1) is 14.2. The summed E-state index contributed by atoms with van der Waals surface area (Å²) >= 11 is 0. The van der Waals surface area contributed by atoms with Crippen LogP contribution in [0.1, 0.15) is 20.3 Å². The molecule has 2 rings (SSSR count). The van der Waals surface area contributed by atoms with Gasteiger partial charge in [-0.1, -0.05) is 0 Å². The minimum Gasteiger partial charge on any atom is -0.380 e. The third kappa shape index (κ3) is 2.70. The Morgan fingerprint density at radius 2 is 2.06 bits per heavy atom. The second-order valence-electron chi connectivity index (χ2n) is 5.29. The maximum absolute atomic E-state index is 11.8. The van der Waals surface area contributed by atoms with Crippen LogP contribution < -0.4 is 0 Å². The van der Waals surface area contributed by atoms with Crippen molar-refractivity contribution < 1.29 is 22.6 Å². The van der Waals surface area contributed by atoms with Gasteiger partial charge < -0.3 is 14.2 Å². The molecule has 0 radical (unpaired) electrons. The molecule has 0 saturated carbocycles. The number of rotatable bonds is 3. The van der Waals surface area contributed by atoms with Crippen molar-refractivity contribution >= 4 is 10.0 Å². The monoisotopic (exact) mass is 279 g/mol. The van der Waals surface area contributed by atoms with Crippen molar-refractivity contribution in [3.63, 3.8) is 0 Å². The van der Waals surface area contributed by atoms with E-state index in [9.17, 15) is 8.42 Å². The van der Waals surface area contributed by atoms with Gasteiger partial charge in [0.25, 0.3) is 0 Å². The van der Waals surface area contributed by atoms with Gasteiger partial charge in [0.05, 0.1) is 25.0 Å². The second-order valence-corrected chi connectivity index (χ2v) is 7.23. The minimum atomic E-state index is -3.25. The van der Waals surface area contributed by atoms with E-state index in [1.54, 1.807) is 7.11 Å². The fourth-order valence-corrected chi connectivity index (χ4v) is 3.86. The normalized spacial score (nSPS) is 37.2. The van der Waals surface area contributed by atoms with Crippen LogP contribution in [0, 0.1) is 0 Å². The minimum absolute atomic E-state index is 0.137. The number of sulfonamides is 1. The number of methoxy groups -OCH3 is 1. The van der Waals surface area contributed by atoms with E-state index in [1.807, 2.05) is 13.8 Å². The molecule has 0 unspecified atom stereocenters. The SMILES string of the molecule is CO[C@@H]1CCN(S(C)(=O)=O)[C@H]1[C@H]1COC(C)(C)O1. The summed E-state index contributed by atoms with van der Waals surface area (Å²) in [6.07, 6.45) is 1.50. The van der Waals surface area contributed by atoms with E-state index in [0.29, 0.717) is 19.6 Å². The Kier molecular flexibility index (Phi) is 3.72. The third-order valence-electron chi connectivity index (χ3n) is 3.49. The quantitative estimate of drug-likeness (QED) is 0.738. The van der Waals surface area contributed by atoms with Crippen LogP contribution in [0.15, 0.2) is 0 Å². The molecule has 0 aromatic rings. The molecule has 2 fully saturated rings. The molecule has 0 N–H and O–H groups in total. The summed E-state index contributed by atoms with van der Waals surface area (Å²) in [6, 6.07) is -0.299. The van der Waals surface area contributed by atoms with Gasteiger partial charge in [0.2, 0.25) is 10.0 Å². The summed E-state index contributed by atoms with van der Waals surface area (Å²) in [5.41, 5.74) is 0. The van der Waals surface area contributed by atoms with Crippen molar-refractivity contribution in [2.45, 2.75) is 44.3 Å². The lowest BCUT2D eigenvalue weighted by atomic mass is 10.1. The molecule has 0 amide bonds. The average molecular weight is 279 g/mol. The number of hydrogen-bond donors (Lipinski definition) is 0. The summed E-state index contributed by atoms with van der Waals surface area (Å²) in [5.74, 6) is -0.658. The highest BCUT2D eigenvalue weighted by molar-refractivity contribution is 7.88. The molecule has 106 valence electrons. The lowest BCUT2D eigenvalue weighted by molar-refractivity contribution is -0.147. The molecule has 6 nitrogen and oxygen atoms in total. The molecule has 0 aliphatic carbocycles. The summed E-state index contributed by atoms with van der Waals surface area (Å²) < 4.78 is 41.8. The van der Waals surface area contributed by atoms with Crippen LogP contribution in [-0.2, 0) is 24.2 Å². The van der Waals surface area contributed by atoms with Crippen LogP contribution in [-0.4, -0.2) is 63.3 Å². The molecular formula is C11H21NO5S. The Bertz CT molecular complexity index is 408. The summed E-state index contributed by atoms with van der Waals surface area (Å²) in [5, 5.41) is 0. The molecule has 0 spiro atoms. The molecule has 2 aliphatic rings. The Morgan fingerprint density at radius 3 is 2.50 bits per heavy atom. The van der Waals surface area contributed by atoms with Crippen molar-refractivity contribution in [3.05, 3.63) is 0 Å². The number of nitrogens with zero attached hydrogens (tertiary/aromatic N) is 1. The first-order valence-electron chi connectivity index (χ1n) is 6.06. The largest absolute Gasteiger partial charge is 0.380 e. The van der Waals surface area contributed by atoms with Crippen LogP contribution in [0.2, 0.25) is 0 Å². The van der Waals surface area contributed by atoms with E-state index in [0.717, 1.165) is 0 Å². The van der Waals surface area contributed by atoms with Crippen LogP contribution >= 0.6 is 0 Å². The van der Waals surface area contributed by atoms with Gasteiger partial charge in [0.15, 0.2) is 5.79 Å². The highest BCUT2D eigenvalue weighted by Crippen LogP contribution is 2.33. The maximum atomic E-state index is 11.8. The molecule has 2 saturated heterocycles. The Balaban J connectivity index is 2.21. The van der Waals surface area contributed by atoms with Gasteiger partial charge in [-0.3, -0.25) is 0 Å². The zero-order valence-corrected chi connectivity index (χ0v) is 12.1. The highest BCUT2D eigenvalue weighted by Gasteiger charge is 2.49. The molecule has 0 bridgehead atoms. The smallest absolute Gasteiger partial charge is 0.211 e. The van der Waals surface area contributed by atoms with Crippen molar-refractivity contribution in [2.75, 3.05) is 26.5 Å². The van der Waals surface area contributed by atoms with E-state index >= 15 is 0 Å². The lowest BCUT2D eigenvalue weighted by Crippen LogP contribution is -2.48. The van der Waals surface area contributed by atoms with E-state index in [4.69, 9.17) is 14.2 Å². The predicted molar refractivity (Wildman–Crippen MR) is 65.7 cm³/mol. The highest BCUT2D eigenvalue weighted by atomic mass is 32.2. The van der Waals surface area contributed by atoms with Crippen molar-refractivity contribution in [1.82, 2.24) is 4.31 Å². The van der Waals surface area contributed by atoms with Crippen molar-refractivity contribution in [2.24, 2.45) is 0 Å². The van der Waals surface area contributed by atoms with Gasteiger partial charge in [-0.25, -0.2) is 8.42 Å². The summed E-state index contributed by atoms with van der Waals surface area (Å²) in [7, 11) is -1.65. The second kappa shape index (κ2) is 4.72.